The zero-order valence-corrected chi connectivity index (χ0v) is 16.6. The number of methoxy groups -OCH3 is 1. The van der Waals surface area contributed by atoms with Crippen LogP contribution in [0.4, 0.5) is 5.69 Å². The third-order valence-corrected chi connectivity index (χ3v) is 4.35. The van der Waals surface area contributed by atoms with E-state index in [-0.39, 0.29) is 34.9 Å². The van der Waals surface area contributed by atoms with Gasteiger partial charge in [0, 0.05) is 30.6 Å². The summed E-state index contributed by atoms with van der Waals surface area (Å²) in [5.41, 5.74) is 6.28. The molecule has 8 nitrogen and oxygen atoms in total. The van der Waals surface area contributed by atoms with Crippen molar-refractivity contribution in [1.29, 1.82) is 0 Å². The highest BCUT2D eigenvalue weighted by molar-refractivity contribution is 6.11. The molecule has 0 spiro atoms. The number of nitrogens with zero attached hydrogens (tertiary/aromatic N) is 1. The Morgan fingerprint density at radius 3 is 2.47 bits per heavy atom. The molecule has 3 N–H and O–H groups in total. The van der Waals surface area contributed by atoms with E-state index in [0.717, 1.165) is 0 Å². The van der Waals surface area contributed by atoms with E-state index in [1.807, 2.05) is 6.92 Å². The van der Waals surface area contributed by atoms with Gasteiger partial charge < -0.3 is 25.1 Å². The first-order valence-corrected chi connectivity index (χ1v) is 9.20. The number of hydrogen-bond donors (Lipinski definition) is 2. The van der Waals surface area contributed by atoms with Crippen molar-refractivity contribution in [2.75, 3.05) is 26.2 Å². The van der Waals surface area contributed by atoms with Gasteiger partial charge in [-0.05, 0) is 49.4 Å². The van der Waals surface area contributed by atoms with Crippen molar-refractivity contribution >= 4 is 11.5 Å². The first-order chi connectivity index (χ1) is 14.5. The van der Waals surface area contributed by atoms with Crippen LogP contribution in [-0.2, 0) is 4.74 Å². The van der Waals surface area contributed by atoms with Gasteiger partial charge in [0.2, 0.25) is 0 Å². The Hall–Kier alpha value is -3.78. The number of phenolic OH excluding ortho intramolecular Hbond substituents is 1. The smallest absolute Gasteiger partial charge is 0.255 e. The Morgan fingerprint density at radius 2 is 1.80 bits per heavy atom. The maximum Gasteiger partial charge on any atom is 0.255 e. The predicted molar refractivity (Wildman–Crippen MR) is 112 cm³/mol. The molecule has 0 unspecified atom stereocenters. The van der Waals surface area contributed by atoms with Gasteiger partial charge in [-0.1, -0.05) is 0 Å². The molecule has 0 aliphatic carbocycles. The number of nitrogens with two attached hydrogens (primary N) is 1. The number of aromatic hydroxyl groups is 1. The average molecular weight is 410 g/mol. The molecule has 0 atom stereocenters. The lowest BCUT2D eigenvalue weighted by Gasteiger charge is -2.13. The van der Waals surface area contributed by atoms with E-state index in [0.29, 0.717) is 18.0 Å². The number of anilines is 1. The molecule has 3 rings (SSSR count). The minimum Gasteiger partial charge on any atom is -0.505 e. The molecule has 2 aromatic carbocycles. The van der Waals surface area contributed by atoms with Crippen LogP contribution in [0.25, 0.3) is 5.69 Å². The number of aromatic nitrogens is 1. The lowest BCUT2D eigenvalue weighted by molar-refractivity contribution is 0.0515. The van der Waals surface area contributed by atoms with Gasteiger partial charge >= 0.3 is 0 Å². The van der Waals surface area contributed by atoms with Crippen LogP contribution in [0, 0.1) is 0 Å². The minimum atomic E-state index is -0.489. The molecule has 0 fully saturated rings. The van der Waals surface area contributed by atoms with E-state index in [2.05, 4.69) is 0 Å². The van der Waals surface area contributed by atoms with E-state index < -0.39 is 11.5 Å². The Bertz CT molecular complexity index is 1110. The van der Waals surface area contributed by atoms with Gasteiger partial charge in [-0.25, -0.2) is 0 Å². The quantitative estimate of drug-likeness (QED) is 0.254. The molecule has 0 saturated carbocycles. The highest BCUT2D eigenvalue weighted by Gasteiger charge is 2.19. The third kappa shape index (κ3) is 4.28. The van der Waals surface area contributed by atoms with E-state index in [4.69, 9.17) is 19.9 Å². The van der Waals surface area contributed by atoms with Crippen molar-refractivity contribution in [1.82, 2.24) is 4.57 Å². The molecule has 0 aliphatic rings. The molecule has 0 radical (unpaired) electrons. The molecule has 0 bridgehead atoms. The highest BCUT2D eigenvalue weighted by atomic mass is 16.7. The van der Waals surface area contributed by atoms with Gasteiger partial charge in [-0.3, -0.25) is 14.2 Å². The summed E-state index contributed by atoms with van der Waals surface area (Å²) in [6.07, 6.45) is 1.42. The van der Waals surface area contributed by atoms with E-state index in [1.54, 1.807) is 24.3 Å². The van der Waals surface area contributed by atoms with Gasteiger partial charge in [0.25, 0.3) is 5.56 Å². The van der Waals surface area contributed by atoms with Crippen molar-refractivity contribution in [2.24, 2.45) is 0 Å². The fraction of sp³-hybridized carbons (Fsp3) is 0.182. The second-order valence-corrected chi connectivity index (χ2v) is 6.31. The molecular formula is C22H22N2O6. The largest absolute Gasteiger partial charge is 0.505 e. The van der Waals surface area contributed by atoms with Crippen LogP contribution in [0.15, 0.2) is 59.5 Å². The second-order valence-electron chi connectivity index (χ2n) is 6.31. The van der Waals surface area contributed by atoms with Crippen LogP contribution in [0.1, 0.15) is 22.8 Å². The maximum atomic E-state index is 13.0. The summed E-state index contributed by atoms with van der Waals surface area (Å²) in [7, 11) is 1.45. The number of nitrogen functional groups attached to an aromatic ring is 1. The lowest BCUT2D eigenvalue weighted by Crippen LogP contribution is -2.18. The summed E-state index contributed by atoms with van der Waals surface area (Å²) < 4.78 is 16.8. The van der Waals surface area contributed by atoms with Crippen molar-refractivity contribution < 1.29 is 24.1 Å². The number of hydrogen-bond acceptors (Lipinski definition) is 7. The summed E-state index contributed by atoms with van der Waals surface area (Å²) in [5.74, 6) is -0.00688. The van der Waals surface area contributed by atoms with E-state index in [9.17, 15) is 14.7 Å². The number of phenols is 1. The zero-order valence-electron chi connectivity index (χ0n) is 16.6. The molecule has 8 heteroatoms. The number of benzene rings is 2. The van der Waals surface area contributed by atoms with Crippen molar-refractivity contribution in [3.05, 3.63) is 76.2 Å². The van der Waals surface area contributed by atoms with Crippen LogP contribution in [0.5, 0.6) is 17.2 Å². The topological polar surface area (TPSA) is 113 Å². The maximum absolute atomic E-state index is 13.0. The Labute approximate surface area is 173 Å². The van der Waals surface area contributed by atoms with Crippen LogP contribution in [-0.4, -0.2) is 36.0 Å². The fourth-order valence-electron chi connectivity index (χ4n) is 2.87. The molecule has 0 aliphatic heterocycles. The molecule has 0 saturated heterocycles. The van der Waals surface area contributed by atoms with Crippen molar-refractivity contribution in [3.63, 3.8) is 0 Å². The van der Waals surface area contributed by atoms with Crippen LogP contribution in [0.3, 0.4) is 0 Å². The Balaban J connectivity index is 1.95. The van der Waals surface area contributed by atoms with Crippen LogP contribution >= 0.6 is 0 Å². The van der Waals surface area contributed by atoms with E-state index in [1.165, 1.54) is 42.1 Å². The van der Waals surface area contributed by atoms with Crippen molar-refractivity contribution in [3.8, 4) is 22.9 Å². The van der Waals surface area contributed by atoms with Gasteiger partial charge in [-0.15, -0.1) is 0 Å². The molecule has 1 heterocycles. The first-order valence-electron chi connectivity index (χ1n) is 9.20. The summed E-state index contributed by atoms with van der Waals surface area (Å²) in [6, 6.07) is 12.5. The number of rotatable bonds is 8. The Kier molecular flexibility index (Phi) is 6.38. The standard InChI is InChI=1S/C22H22N2O6/c1-3-29-16-7-5-15(6-8-16)24-12-14(4-11-19(24)25)21(26)17-9-10-18(30-13-28-2)20(23)22(17)27/h4-12,27H,3,13,23H2,1-2H3. The summed E-state index contributed by atoms with van der Waals surface area (Å²) in [4.78, 5) is 25.3. The number of ether oxygens (including phenoxy) is 3. The van der Waals surface area contributed by atoms with Crippen LogP contribution < -0.4 is 20.8 Å². The second kappa shape index (κ2) is 9.15. The third-order valence-electron chi connectivity index (χ3n) is 4.35. The molecule has 156 valence electrons. The predicted octanol–water partition coefficient (Wildman–Crippen LogP) is 2.74. The molecule has 1 aromatic heterocycles. The fourth-order valence-corrected chi connectivity index (χ4v) is 2.87. The first kappa shape index (κ1) is 20.9. The minimum absolute atomic E-state index is 0.00541. The lowest BCUT2D eigenvalue weighted by atomic mass is 10.0. The SMILES string of the molecule is CCOc1ccc(-n2cc(C(=O)c3ccc(OCOC)c(N)c3O)ccc2=O)cc1. The molecule has 30 heavy (non-hydrogen) atoms. The van der Waals surface area contributed by atoms with E-state index >= 15 is 0 Å². The van der Waals surface area contributed by atoms with Gasteiger partial charge in [0.05, 0.1) is 12.2 Å². The highest BCUT2D eigenvalue weighted by Crippen LogP contribution is 2.35. The summed E-state index contributed by atoms with van der Waals surface area (Å²) >= 11 is 0. The summed E-state index contributed by atoms with van der Waals surface area (Å²) in [5, 5.41) is 10.4. The number of carbonyl (C=O) groups excluding carboxylic acids is 1. The molecule has 0 amide bonds. The van der Waals surface area contributed by atoms with Crippen molar-refractivity contribution in [2.45, 2.75) is 6.92 Å². The number of ketones is 1. The average Bonchev–Trinajstić information content (AvgIpc) is 2.75. The van der Waals surface area contributed by atoms with Gasteiger partial charge in [0.15, 0.2) is 18.3 Å². The normalized spacial score (nSPS) is 10.6. The molecular weight excluding hydrogens is 388 g/mol. The van der Waals surface area contributed by atoms with Crippen LogP contribution in [0.2, 0.25) is 0 Å². The molecule has 3 aromatic rings. The van der Waals surface area contributed by atoms with Gasteiger partial charge in [0.1, 0.15) is 17.2 Å². The number of carbonyl (C=O) groups is 1. The zero-order chi connectivity index (χ0) is 21.7. The monoisotopic (exact) mass is 410 g/mol. The number of pyridine rings is 1. The Morgan fingerprint density at radius 1 is 1.07 bits per heavy atom. The van der Waals surface area contributed by atoms with Gasteiger partial charge in [-0.2, -0.15) is 0 Å². The summed E-state index contributed by atoms with van der Waals surface area (Å²) in [6.45, 7) is 2.36.